The summed E-state index contributed by atoms with van der Waals surface area (Å²) in [7, 11) is 0. The van der Waals surface area contributed by atoms with E-state index < -0.39 is 5.79 Å². The summed E-state index contributed by atoms with van der Waals surface area (Å²) in [6.45, 7) is 2.18. The molecule has 1 rings (SSSR count). The molecule has 2 unspecified atom stereocenters. The van der Waals surface area contributed by atoms with Gasteiger partial charge < -0.3 is 14.6 Å². The molecule has 0 aromatic carbocycles. The number of hydrogen-bond donors (Lipinski definition) is 1. The Morgan fingerprint density at radius 3 is 3.00 bits per heavy atom. The lowest BCUT2D eigenvalue weighted by atomic mass is 10.2. The lowest BCUT2D eigenvalue weighted by Gasteiger charge is -2.21. The zero-order chi connectivity index (χ0) is 9.03. The van der Waals surface area contributed by atoms with Crippen LogP contribution in [0.2, 0.25) is 0 Å². The summed E-state index contributed by atoms with van der Waals surface area (Å²) in [6.07, 6.45) is 0.739. The van der Waals surface area contributed by atoms with Crippen molar-refractivity contribution in [2.24, 2.45) is 0 Å². The average Bonchev–Trinajstić information content (AvgIpc) is 2.45. The number of aliphatic hydroxyl groups excluding tert-OH is 1. The maximum atomic E-state index is 8.75. The van der Waals surface area contributed by atoms with Gasteiger partial charge in [-0.15, -0.1) is 0 Å². The number of hydrogen-bond acceptors (Lipinski definition) is 4. The van der Waals surface area contributed by atoms with Gasteiger partial charge in [-0.25, -0.2) is 0 Å². The number of ether oxygens (including phenoxy) is 2. The smallest absolute Gasteiger partial charge is 0.167 e. The Morgan fingerprint density at radius 2 is 2.50 bits per heavy atom. The van der Waals surface area contributed by atoms with Crippen LogP contribution in [-0.2, 0) is 9.47 Å². The van der Waals surface area contributed by atoms with Crippen molar-refractivity contribution in [3.05, 3.63) is 0 Å². The third kappa shape index (κ3) is 2.18. The lowest BCUT2D eigenvalue weighted by Crippen LogP contribution is -2.27. The summed E-state index contributed by atoms with van der Waals surface area (Å²) in [5.41, 5.74) is 0. The number of nitriles is 1. The van der Waals surface area contributed by atoms with Crippen LogP contribution in [0.15, 0.2) is 0 Å². The molecule has 1 saturated heterocycles. The summed E-state index contributed by atoms with van der Waals surface area (Å²) in [5.74, 6) is -0.664. The van der Waals surface area contributed by atoms with Crippen molar-refractivity contribution in [1.29, 1.82) is 5.26 Å². The molecule has 0 amide bonds. The molecule has 0 bridgehead atoms. The van der Waals surface area contributed by atoms with E-state index in [-0.39, 0.29) is 12.7 Å². The fourth-order valence-corrected chi connectivity index (χ4v) is 1.19. The second kappa shape index (κ2) is 3.85. The molecule has 12 heavy (non-hydrogen) atoms. The van der Waals surface area contributed by atoms with E-state index in [0.717, 1.165) is 0 Å². The fraction of sp³-hybridized carbons (Fsp3) is 0.875. The third-order valence-electron chi connectivity index (χ3n) is 1.89. The van der Waals surface area contributed by atoms with Crippen molar-refractivity contribution in [3.63, 3.8) is 0 Å². The first-order chi connectivity index (χ1) is 5.70. The highest BCUT2D eigenvalue weighted by Crippen LogP contribution is 2.27. The highest BCUT2D eigenvalue weighted by atomic mass is 16.7. The van der Waals surface area contributed by atoms with Gasteiger partial charge >= 0.3 is 0 Å². The van der Waals surface area contributed by atoms with E-state index in [9.17, 15) is 0 Å². The summed E-state index contributed by atoms with van der Waals surface area (Å²) in [4.78, 5) is 0. The van der Waals surface area contributed by atoms with E-state index >= 15 is 0 Å². The van der Waals surface area contributed by atoms with E-state index in [0.29, 0.717) is 19.4 Å². The van der Waals surface area contributed by atoms with Crippen LogP contribution in [0.3, 0.4) is 0 Å². The Hall–Kier alpha value is -0.630. The van der Waals surface area contributed by atoms with Crippen LogP contribution >= 0.6 is 0 Å². The monoisotopic (exact) mass is 171 g/mol. The normalized spacial score (nSPS) is 34.9. The van der Waals surface area contributed by atoms with Gasteiger partial charge in [0.25, 0.3) is 0 Å². The maximum absolute atomic E-state index is 8.75. The van der Waals surface area contributed by atoms with Crippen molar-refractivity contribution in [2.45, 2.75) is 31.7 Å². The zero-order valence-electron chi connectivity index (χ0n) is 7.12. The predicted octanol–water partition coefficient (Wildman–Crippen LogP) is 0.414. The summed E-state index contributed by atoms with van der Waals surface area (Å²) in [5, 5.41) is 17.1. The molecule has 1 aliphatic rings. The highest BCUT2D eigenvalue weighted by molar-refractivity contribution is 4.79. The number of rotatable bonds is 3. The Balaban J connectivity index is 2.37. The minimum absolute atomic E-state index is 0.0257. The molecule has 1 heterocycles. The molecule has 68 valence electrons. The van der Waals surface area contributed by atoms with Crippen LogP contribution in [0.25, 0.3) is 0 Å². The van der Waals surface area contributed by atoms with Crippen molar-refractivity contribution in [3.8, 4) is 6.07 Å². The first-order valence-electron chi connectivity index (χ1n) is 4.00. The molecule has 4 heteroatoms. The zero-order valence-corrected chi connectivity index (χ0v) is 7.12. The Kier molecular flexibility index (Phi) is 3.04. The fourth-order valence-electron chi connectivity index (χ4n) is 1.19. The van der Waals surface area contributed by atoms with Crippen molar-refractivity contribution in [2.75, 3.05) is 13.2 Å². The van der Waals surface area contributed by atoms with E-state index in [1.165, 1.54) is 0 Å². The van der Waals surface area contributed by atoms with E-state index in [1.807, 2.05) is 6.07 Å². The predicted molar refractivity (Wildman–Crippen MR) is 41.2 cm³/mol. The molecular weight excluding hydrogens is 158 g/mol. The second-order valence-electron chi connectivity index (χ2n) is 3.03. The van der Waals surface area contributed by atoms with Crippen LogP contribution < -0.4 is 0 Å². The Morgan fingerprint density at radius 1 is 1.75 bits per heavy atom. The van der Waals surface area contributed by atoms with E-state index in [2.05, 4.69) is 0 Å². The van der Waals surface area contributed by atoms with Gasteiger partial charge in [0.15, 0.2) is 5.79 Å². The van der Waals surface area contributed by atoms with Gasteiger partial charge in [-0.1, -0.05) is 0 Å². The standard InChI is InChI=1S/C8H13NO3/c1-8(3-2-4-9)11-6-7(5-10)12-8/h7,10H,2-3,5-6H2,1H3. The van der Waals surface area contributed by atoms with Crippen LogP contribution in [0, 0.1) is 11.3 Å². The topological polar surface area (TPSA) is 62.5 Å². The SMILES string of the molecule is CC1(CCC#N)OCC(CO)O1. The van der Waals surface area contributed by atoms with Crippen LogP contribution in [0.1, 0.15) is 19.8 Å². The van der Waals surface area contributed by atoms with Crippen molar-refractivity contribution < 1.29 is 14.6 Å². The van der Waals surface area contributed by atoms with Crippen molar-refractivity contribution in [1.82, 2.24) is 0 Å². The van der Waals surface area contributed by atoms with Crippen LogP contribution in [-0.4, -0.2) is 30.2 Å². The molecule has 4 nitrogen and oxygen atoms in total. The van der Waals surface area contributed by atoms with E-state index in [4.69, 9.17) is 19.8 Å². The first-order valence-corrected chi connectivity index (χ1v) is 4.00. The summed E-state index contributed by atoms with van der Waals surface area (Å²) >= 11 is 0. The average molecular weight is 171 g/mol. The molecule has 2 atom stereocenters. The summed E-state index contributed by atoms with van der Waals surface area (Å²) < 4.78 is 10.7. The van der Waals surface area contributed by atoms with Gasteiger partial charge in [0, 0.05) is 12.8 Å². The minimum atomic E-state index is -0.664. The third-order valence-corrected chi connectivity index (χ3v) is 1.89. The number of nitrogens with zero attached hydrogens (tertiary/aromatic N) is 1. The second-order valence-corrected chi connectivity index (χ2v) is 3.03. The maximum Gasteiger partial charge on any atom is 0.167 e. The molecule has 0 aromatic rings. The quantitative estimate of drug-likeness (QED) is 0.668. The first kappa shape index (κ1) is 9.46. The Labute approximate surface area is 71.7 Å². The molecule has 0 radical (unpaired) electrons. The molecule has 1 fully saturated rings. The largest absolute Gasteiger partial charge is 0.394 e. The van der Waals surface area contributed by atoms with Gasteiger partial charge in [0.05, 0.1) is 19.3 Å². The molecule has 0 saturated carbocycles. The van der Waals surface area contributed by atoms with Gasteiger partial charge in [-0.3, -0.25) is 0 Å². The molecule has 1 N–H and O–H groups in total. The Bertz CT molecular complexity index is 189. The van der Waals surface area contributed by atoms with Crippen molar-refractivity contribution >= 4 is 0 Å². The van der Waals surface area contributed by atoms with E-state index in [1.54, 1.807) is 6.92 Å². The minimum Gasteiger partial charge on any atom is -0.394 e. The van der Waals surface area contributed by atoms with Crippen LogP contribution in [0.5, 0.6) is 0 Å². The molecule has 0 spiro atoms. The molecule has 1 aliphatic heterocycles. The van der Waals surface area contributed by atoms with Gasteiger partial charge in [0.1, 0.15) is 6.10 Å². The summed E-state index contributed by atoms with van der Waals surface area (Å²) in [6, 6.07) is 2.03. The molecule has 0 aromatic heterocycles. The lowest BCUT2D eigenvalue weighted by molar-refractivity contribution is -0.160. The van der Waals surface area contributed by atoms with Gasteiger partial charge in [-0.05, 0) is 6.92 Å². The molecule has 0 aliphatic carbocycles. The van der Waals surface area contributed by atoms with Crippen LogP contribution in [0.4, 0.5) is 0 Å². The molecular formula is C8H13NO3. The van der Waals surface area contributed by atoms with Gasteiger partial charge in [0.2, 0.25) is 0 Å². The highest BCUT2D eigenvalue weighted by Gasteiger charge is 2.36. The number of aliphatic hydroxyl groups is 1. The van der Waals surface area contributed by atoms with Gasteiger partial charge in [-0.2, -0.15) is 5.26 Å².